The van der Waals surface area contributed by atoms with Crippen LogP contribution in [0.2, 0.25) is 0 Å². The first-order valence-corrected chi connectivity index (χ1v) is 7.73. The van der Waals surface area contributed by atoms with E-state index in [-0.39, 0.29) is 6.03 Å². The van der Waals surface area contributed by atoms with Crippen molar-refractivity contribution >= 4 is 23.5 Å². The Balaban J connectivity index is 1.74. The summed E-state index contributed by atoms with van der Waals surface area (Å²) in [6.07, 6.45) is 2.86. The molecule has 4 heteroatoms. The van der Waals surface area contributed by atoms with E-state index in [1.54, 1.807) is 11.8 Å². The standard InChI is InChI=1S/C16H18N2OS/c1-20-15-9-7-14(8-10-15)18-16(19)17-12-11-13-5-3-2-4-6-13/h2-10H,11-12H2,1H3,(H2,17,18,19). The molecule has 0 heterocycles. The Morgan fingerprint density at radius 3 is 2.40 bits per heavy atom. The molecule has 104 valence electrons. The Morgan fingerprint density at radius 1 is 1.05 bits per heavy atom. The van der Waals surface area contributed by atoms with Crippen LogP contribution in [0.15, 0.2) is 59.5 Å². The monoisotopic (exact) mass is 286 g/mol. The minimum Gasteiger partial charge on any atom is -0.338 e. The van der Waals surface area contributed by atoms with Crippen LogP contribution < -0.4 is 10.6 Å². The average Bonchev–Trinajstić information content (AvgIpc) is 2.49. The molecule has 2 aromatic rings. The lowest BCUT2D eigenvalue weighted by Gasteiger charge is -2.08. The number of hydrogen-bond donors (Lipinski definition) is 2. The third-order valence-corrected chi connectivity index (χ3v) is 3.63. The van der Waals surface area contributed by atoms with E-state index in [2.05, 4.69) is 22.8 Å². The van der Waals surface area contributed by atoms with Crippen LogP contribution in [-0.4, -0.2) is 18.8 Å². The number of nitrogens with one attached hydrogen (secondary N) is 2. The first kappa shape index (κ1) is 14.5. The first-order chi connectivity index (χ1) is 9.78. The second kappa shape index (κ2) is 7.60. The summed E-state index contributed by atoms with van der Waals surface area (Å²) in [7, 11) is 0. The van der Waals surface area contributed by atoms with Gasteiger partial charge in [-0.2, -0.15) is 0 Å². The van der Waals surface area contributed by atoms with E-state index in [0.29, 0.717) is 6.54 Å². The van der Waals surface area contributed by atoms with Crippen LogP contribution >= 0.6 is 11.8 Å². The van der Waals surface area contributed by atoms with Gasteiger partial charge in [-0.05, 0) is 42.5 Å². The summed E-state index contributed by atoms with van der Waals surface area (Å²) in [6, 6.07) is 17.7. The molecule has 0 unspecified atom stereocenters. The highest BCUT2D eigenvalue weighted by atomic mass is 32.2. The molecule has 0 aliphatic heterocycles. The fourth-order valence-electron chi connectivity index (χ4n) is 1.81. The molecule has 20 heavy (non-hydrogen) atoms. The summed E-state index contributed by atoms with van der Waals surface area (Å²) < 4.78 is 0. The molecule has 0 aromatic heterocycles. The molecule has 0 fully saturated rings. The predicted octanol–water partition coefficient (Wildman–Crippen LogP) is 3.77. The van der Waals surface area contributed by atoms with E-state index in [4.69, 9.17) is 0 Å². The SMILES string of the molecule is CSc1ccc(NC(=O)NCCc2ccccc2)cc1. The predicted molar refractivity (Wildman–Crippen MR) is 85.4 cm³/mol. The molecular formula is C16H18N2OS. The zero-order chi connectivity index (χ0) is 14.2. The van der Waals surface area contributed by atoms with E-state index in [1.807, 2.05) is 48.7 Å². The van der Waals surface area contributed by atoms with E-state index in [0.717, 1.165) is 12.1 Å². The molecule has 3 nitrogen and oxygen atoms in total. The van der Waals surface area contributed by atoms with Crippen molar-refractivity contribution < 1.29 is 4.79 Å². The second-order valence-electron chi connectivity index (χ2n) is 4.35. The van der Waals surface area contributed by atoms with Crippen molar-refractivity contribution in [1.82, 2.24) is 5.32 Å². The first-order valence-electron chi connectivity index (χ1n) is 6.51. The third-order valence-electron chi connectivity index (χ3n) is 2.89. The fraction of sp³-hybridized carbons (Fsp3) is 0.188. The maximum absolute atomic E-state index is 11.7. The van der Waals surface area contributed by atoms with Gasteiger partial charge in [-0.1, -0.05) is 30.3 Å². The Labute approximate surface area is 123 Å². The molecule has 2 N–H and O–H groups in total. The van der Waals surface area contributed by atoms with Crippen LogP contribution in [0.5, 0.6) is 0 Å². The van der Waals surface area contributed by atoms with Gasteiger partial charge in [-0.25, -0.2) is 4.79 Å². The molecule has 0 atom stereocenters. The molecule has 0 aliphatic carbocycles. The minimum absolute atomic E-state index is 0.169. The topological polar surface area (TPSA) is 41.1 Å². The number of hydrogen-bond acceptors (Lipinski definition) is 2. The summed E-state index contributed by atoms with van der Waals surface area (Å²) in [6.45, 7) is 0.624. The van der Waals surface area contributed by atoms with Gasteiger partial charge in [-0.15, -0.1) is 11.8 Å². The van der Waals surface area contributed by atoms with Crippen molar-refractivity contribution in [2.75, 3.05) is 18.1 Å². The molecule has 2 aromatic carbocycles. The Hall–Kier alpha value is -1.94. The lowest BCUT2D eigenvalue weighted by molar-refractivity contribution is 0.252. The van der Waals surface area contributed by atoms with Gasteiger partial charge in [0.2, 0.25) is 0 Å². The zero-order valence-corrected chi connectivity index (χ0v) is 12.2. The number of rotatable bonds is 5. The van der Waals surface area contributed by atoms with E-state index < -0.39 is 0 Å². The summed E-state index contributed by atoms with van der Waals surface area (Å²) in [5.41, 5.74) is 2.03. The second-order valence-corrected chi connectivity index (χ2v) is 5.22. The number of benzene rings is 2. The van der Waals surface area contributed by atoms with Crippen molar-refractivity contribution in [3.05, 3.63) is 60.2 Å². The van der Waals surface area contributed by atoms with E-state index in [9.17, 15) is 4.79 Å². The Bertz CT molecular complexity index is 540. The van der Waals surface area contributed by atoms with Gasteiger partial charge in [0, 0.05) is 17.1 Å². The van der Waals surface area contributed by atoms with Gasteiger partial charge >= 0.3 is 6.03 Å². The van der Waals surface area contributed by atoms with Crippen molar-refractivity contribution in [1.29, 1.82) is 0 Å². The van der Waals surface area contributed by atoms with Gasteiger partial charge in [0.05, 0.1) is 0 Å². The van der Waals surface area contributed by atoms with E-state index in [1.165, 1.54) is 10.5 Å². The smallest absolute Gasteiger partial charge is 0.319 e. The summed E-state index contributed by atoms with van der Waals surface area (Å²) in [5.74, 6) is 0. The maximum Gasteiger partial charge on any atom is 0.319 e. The molecule has 0 spiro atoms. The summed E-state index contributed by atoms with van der Waals surface area (Å²) >= 11 is 1.68. The highest BCUT2D eigenvalue weighted by Gasteiger charge is 2.01. The van der Waals surface area contributed by atoms with Gasteiger partial charge in [0.1, 0.15) is 0 Å². The number of amides is 2. The number of anilines is 1. The normalized spacial score (nSPS) is 10.1. The van der Waals surface area contributed by atoms with Crippen LogP contribution in [0.3, 0.4) is 0 Å². The minimum atomic E-state index is -0.169. The quantitative estimate of drug-likeness (QED) is 0.821. The van der Waals surface area contributed by atoms with Crippen molar-refractivity contribution in [2.45, 2.75) is 11.3 Å². The average molecular weight is 286 g/mol. The largest absolute Gasteiger partial charge is 0.338 e. The van der Waals surface area contributed by atoms with E-state index >= 15 is 0 Å². The van der Waals surface area contributed by atoms with Crippen LogP contribution in [0.1, 0.15) is 5.56 Å². The highest BCUT2D eigenvalue weighted by Crippen LogP contribution is 2.17. The van der Waals surface area contributed by atoms with Crippen LogP contribution in [0.25, 0.3) is 0 Å². The van der Waals surface area contributed by atoms with Gasteiger partial charge in [0.15, 0.2) is 0 Å². The van der Waals surface area contributed by atoms with Crippen molar-refractivity contribution in [3.8, 4) is 0 Å². The molecular weight excluding hydrogens is 268 g/mol. The van der Waals surface area contributed by atoms with Crippen molar-refractivity contribution in [2.24, 2.45) is 0 Å². The summed E-state index contributed by atoms with van der Waals surface area (Å²) in [4.78, 5) is 12.9. The number of thioether (sulfide) groups is 1. The highest BCUT2D eigenvalue weighted by molar-refractivity contribution is 7.98. The Kier molecular flexibility index (Phi) is 5.50. The molecule has 0 bridgehead atoms. The van der Waals surface area contributed by atoms with Gasteiger partial charge in [-0.3, -0.25) is 0 Å². The summed E-state index contributed by atoms with van der Waals surface area (Å²) in [5, 5.41) is 5.67. The molecule has 2 rings (SSSR count). The third kappa shape index (κ3) is 4.63. The molecule has 0 saturated heterocycles. The Morgan fingerprint density at radius 2 is 1.75 bits per heavy atom. The fourth-order valence-corrected chi connectivity index (χ4v) is 2.22. The number of urea groups is 1. The van der Waals surface area contributed by atoms with Crippen LogP contribution in [-0.2, 0) is 6.42 Å². The molecule has 0 aliphatic rings. The van der Waals surface area contributed by atoms with Crippen LogP contribution in [0.4, 0.5) is 10.5 Å². The maximum atomic E-state index is 11.7. The number of carbonyl (C=O) groups is 1. The lowest BCUT2D eigenvalue weighted by atomic mass is 10.1. The van der Waals surface area contributed by atoms with Crippen molar-refractivity contribution in [3.63, 3.8) is 0 Å². The van der Waals surface area contributed by atoms with Gasteiger partial charge in [0.25, 0.3) is 0 Å². The molecule has 2 amide bonds. The lowest BCUT2D eigenvalue weighted by Crippen LogP contribution is -2.30. The molecule has 0 saturated carbocycles. The molecule has 0 radical (unpaired) electrons. The van der Waals surface area contributed by atoms with Gasteiger partial charge < -0.3 is 10.6 Å². The van der Waals surface area contributed by atoms with Crippen LogP contribution in [0, 0.1) is 0 Å². The number of carbonyl (C=O) groups excluding carboxylic acids is 1. The zero-order valence-electron chi connectivity index (χ0n) is 11.4.